The number of fused-ring (bicyclic) bond motifs is 2. The van der Waals surface area contributed by atoms with Crippen LogP contribution in [0, 0.1) is 0 Å². The van der Waals surface area contributed by atoms with Crippen LogP contribution in [0.2, 0.25) is 0 Å². The number of rotatable bonds is 5. The standard InChI is InChI=1S/C20H23N5O4S/c1-28-17-9-14-16(10-18(17)29-2)22-20(23-19(14)21)25-8-7-13-12(11-25)5-4-6-15(13)24-30(3,26)27/h4-6,9-10,24H,7-8,11H2,1-3H3,(H2,21,22,23). The predicted octanol–water partition coefficient (Wildman–Crippen LogP) is 2.16. The number of nitrogens with two attached hydrogens (primary N) is 1. The van der Waals surface area contributed by atoms with E-state index in [0.717, 1.165) is 17.4 Å². The minimum atomic E-state index is -3.35. The fraction of sp³-hybridized carbons (Fsp3) is 0.300. The van der Waals surface area contributed by atoms with Gasteiger partial charge >= 0.3 is 0 Å². The highest BCUT2D eigenvalue weighted by molar-refractivity contribution is 7.92. The molecule has 2 heterocycles. The number of sulfonamides is 1. The van der Waals surface area contributed by atoms with Gasteiger partial charge in [-0.25, -0.2) is 13.4 Å². The van der Waals surface area contributed by atoms with E-state index >= 15 is 0 Å². The van der Waals surface area contributed by atoms with Crippen molar-refractivity contribution in [1.82, 2.24) is 9.97 Å². The molecule has 9 nitrogen and oxygen atoms in total. The number of nitrogens with one attached hydrogen (secondary N) is 1. The maximum Gasteiger partial charge on any atom is 0.229 e. The fourth-order valence-electron chi connectivity index (χ4n) is 3.68. The highest BCUT2D eigenvalue weighted by Gasteiger charge is 2.23. The molecule has 0 atom stereocenters. The normalized spacial score (nSPS) is 13.8. The number of methoxy groups -OCH3 is 2. The van der Waals surface area contributed by atoms with E-state index in [-0.39, 0.29) is 0 Å². The molecule has 0 spiro atoms. The lowest BCUT2D eigenvalue weighted by atomic mass is 9.98. The topological polar surface area (TPSA) is 120 Å². The maximum atomic E-state index is 11.7. The average molecular weight is 430 g/mol. The van der Waals surface area contributed by atoms with E-state index in [0.29, 0.717) is 59.4 Å². The Morgan fingerprint density at radius 3 is 2.57 bits per heavy atom. The van der Waals surface area contributed by atoms with Crippen LogP contribution in [-0.2, 0) is 23.0 Å². The summed E-state index contributed by atoms with van der Waals surface area (Å²) >= 11 is 0. The van der Waals surface area contributed by atoms with Gasteiger partial charge in [0.05, 0.1) is 31.7 Å². The second kappa shape index (κ2) is 7.52. The van der Waals surface area contributed by atoms with Crippen LogP contribution >= 0.6 is 0 Å². The van der Waals surface area contributed by atoms with Gasteiger partial charge < -0.3 is 20.1 Å². The van der Waals surface area contributed by atoms with E-state index in [4.69, 9.17) is 15.2 Å². The first-order valence-corrected chi connectivity index (χ1v) is 11.2. The molecule has 0 radical (unpaired) electrons. The lowest BCUT2D eigenvalue weighted by molar-refractivity contribution is 0.356. The monoisotopic (exact) mass is 429 g/mol. The molecule has 0 amide bonds. The van der Waals surface area contributed by atoms with Crippen molar-refractivity contribution >= 4 is 38.4 Å². The number of anilines is 3. The number of aromatic nitrogens is 2. The maximum absolute atomic E-state index is 11.7. The lowest BCUT2D eigenvalue weighted by Crippen LogP contribution is -2.32. The Morgan fingerprint density at radius 1 is 1.13 bits per heavy atom. The Labute approximate surface area is 174 Å². The summed E-state index contributed by atoms with van der Waals surface area (Å²) in [6.45, 7) is 1.18. The molecule has 30 heavy (non-hydrogen) atoms. The van der Waals surface area contributed by atoms with Crippen molar-refractivity contribution in [1.29, 1.82) is 0 Å². The van der Waals surface area contributed by atoms with Crippen LogP contribution in [0.5, 0.6) is 11.5 Å². The summed E-state index contributed by atoms with van der Waals surface area (Å²) in [6, 6.07) is 9.14. The van der Waals surface area contributed by atoms with Gasteiger partial charge in [-0.2, -0.15) is 4.98 Å². The van der Waals surface area contributed by atoms with Crippen LogP contribution in [0.1, 0.15) is 11.1 Å². The van der Waals surface area contributed by atoms with Gasteiger partial charge in [0.25, 0.3) is 0 Å². The molecular formula is C20H23N5O4S. The minimum Gasteiger partial charge on any atom is -0.493 e. The van der Waals surface area contributed by atoms with Crippen LogP contribution in [0.25, 0.3) is 10.9 Å². The summed E-state index contributed by atoms with van der Waals surface area (Å²) in [5, 5.41) is 0.688. The molecule has 4 rings (SSSR count). The van der Waals surface area contributed by atoms with Crippen LogP contribution in [0.3, 0.4) is 0 Å². The number of ether oxygens (including phenoxy) is 2. The quantitative estimate of drug-likeness (QED) is 0.633. The molecule has 0 aliphatic carbocycles. The third-order valence-corrected chi connectivity index (χ3v) is 5.65. The molecule has 0 unspecified atom stereocenters. The molecule has 0 saturated carbocycles. The van der Waals surface area contributed by atoms with Gasteiger partial charge in [-0.3, -0.25) is 4.72 Å². The van der Waals surface area contributed by atoms with E-state index in [2.05, 4.69) is 14.7 Å². The number of nitrogen functional groups attached to an aromatic ring is 1. The molecule has 0 bridgehead atoms. The summed E-state index contributed by atoms with van der Waals surface area (Å²) in [6.07, 6.45) is 1.80. The molecule has 1 aliphatic heterocycles. The molecule has 2 aromatic carbocycles. The second-order valence-corrected chi connectivity index (χ2v) is 8.87. The summed E-state index contributed by atoms with van der Waals surface area (Å²) in [7, 11) is -0.215. The molecule has 3 N–H and O–H groups in total. The summed E-state index contributed by atoms with van der Waals surface area (Å²) in [5.74, 6) is 1.99. The summed E-state index contributed by atoms with van der Waals surface area (Å²) < 4.78 is 36.6. The number of hydrogen-bond acceptors (Lipinski definition) is 8. The largest absolute Gasteiger partial charge is 0.493 e. The van der Waals surface area contributed by atoms with Gasteiger partial charge in [-0.15, -0.1) is 0 Å². The third kappa shape index (κ3) is 3.78. The van der Waals surface area contributed by atoms with Gasteiger partial charge in [0.1, 0.15) is 5.82 Å². The van der Waals surface area contributed by atoms with E-state index in [1.807, 2.05) is 17.0 Å². The average Bonchev–Trinajstić information content (AvgIpc) is 2.71. The van der Waals surface area contributed by atoms with E-state index in [1.54, 1.807) is 32.4 Å². The van der Waals surface area contributed by atoms with Crippen LogP contribution < -0.4 is 24.8 Å². The van der Waals surface area contributed by atoms with E-state index in [9.17, 15) is 8.42 Å². The van der Waals surface area contributed by atoms with Crippen molar-refractivity contribution in [2.24, 2.45) is 0 Å². The van der Waals surface area contributed by atoms with Gasteiger partial charge in [-0.1, -0.05) is 12.1 Å². The molecule has 10 heteroatoms. The van der Waals surface area contributed by atoms with E-state index < -0.39 is 10.0 Å². The van der Waals surface area contributed by atoms with Gasteiger partial charge in [0.2, 0.25) is 16.0 Å². The summed E-state index contributed by atoms with van der Waals surface area (Å²) in [5.41, 5.74) is 9.50. The fourth-order valence-corrected chi connectivity index (χ4v) is 4.27. The second-order valence-electron chi connectivity index (χ2n) is 7.12. The zero-order valence-corrected chi connectivity index (χ0v) is 17.8. The van der Waals surface area contributed by atoms with Crippen molar-refractivity contribution in [3.63, 3.8) is 0 Å². The Kier molecular flexibility index (Phi) is 5.02. The van der Waals surface area contributed by atoms with Crippen molar-refractivity contribution in [3.8, 4) is 11.5 Å². The Morgan fingerprint density at radius 2 is 1.87 bits per heavy atom. The molecule has 158 valence electrons. The van der Waals surface area contributed by atoms with Crippen molar-refractivity contribution < 1.29 is 17.9 Å². The van der Waals surface area contributed by atoms with Crippen LogP contribution in [0.15, 0.2) is 30.3 Å². The number of nitrogens with zero attached hydrogens (tertiary/aromatic N) is 3. The first-order chi connectivity index (χ1) is 14.3. The summed E-state index contributed by atoms with van der Waals surface area (Å²) in [4.78, 5) is 11.2. The third-order valence-electron chi connectivity index (χ3n) is 5.06. The first-order valence-electron chi connectivity index (χ1n) is 9.32. The Hall–Kier alpha value is -3.27. The molecular weight excluding hydrogens is 406 g/mol. The molecule has 0 fully saturated rings. The first kappa shape index (κ1) is 20.0. The highest BCUT2D eigenvalue weighted by atomic mass is 32.2. The van der Waals surface area contributed by atoms with E-state index in [1.165, 1.54) is 0 Å². The van der Waals surface area contributed by atoms with Crippen molar-refractivity contribution in [3.05, 3.63) is 41.5 Å². The number of hydrogen-bond donors (Lipinski definition) is 2. The minimum absolute atomic E-state index is 0.356. The molecule has 3 aromatic rings. The lowest BCUT2D eigenvalue weighted by Gasteiger charge is -2.30. The zero-order chi connectivity index (χ0) is 21.5. The van der Waals surface area contributed by atoms with Gasteiger partial charge in [-0.05, 0) is 29.7 Å². The van der Waals surface area contributed by atoms with Crippen LogP contribution in [0.4, 0.5) is 17.5 Å². The highest BCUT2D eigenvalue weighted by Crippen LogP contribution is 2.35. The number of benzene rings is 2. The molecule has 1 aromatic heterocycles. The zero-order valence-electron chi connectivity index (χ0n) is 17.0. The van der Waals surface area contributed by atoms with Crippen LogP contribution in [-0.4, -0.2) is 45.4 Å². The van der Waals surface area contributed by atoms with Crippen molar-refractivity contribution in [2.75, 3.05) is 42.4 Å². The van der Waals surface area contributed by atoms with Crippen molar-refractivity contribution in [2.45, 2.75) is 13.0 Å². The molecule has 1 aliphatic rings. The van der Waals surface area contributed by atoms with Gasteiger partial charge in [0.15, 0.2) is 11.5 Å². The SMILES string of the molecule is COc1cc2nc(N3CCc4c(cccc4NS(C)(=O)=O)C3)nc(N)c2cc1OC. The smallest absolute Gasteiger partial charge is 0.229 e. The predicted molar refractivity (Wildman–Crippen MR) is 117 cm³/mol. The molecule has 0 saturated heterocycles. The Balaban J connectivity index is 1.70. The van der Waals surface area contributed by atoms with Gasteiger partial charge in [0, 0.05) is 24.5 Å². The Bertz CT molecular complexity index is 1230.